The summed E-state index contributed by atoms with van der Waals surface area (Å²) in [6.07, 6.45) is 3.91. The van der Waals surface area contributed by atoms with Crippen LogP contribution in [0.3, 0.4) is 0 Å². The van der Waals surface area contributed by atoms with Crippen molar-refractivity contribution in [2.75, 3.05) is 16.8 Å². The molecule has 0 saturated heterocycles. The van der Waals surface area contributed by atoms with E-state index in [4.69, 9.17) is 11.5 Å². The summed E-state index contributed by atoms with van der Waals surface area (Å²) in [6, 6.07) is 2.12. The summed E-state index contributed by atoms with van der Waals surface area (Å²) in [5, 5.41) is 3.28. The van der Waals surface area contributed by atoms with Gasteiger partial charge in [0.1, 0.15) is 11.6 Å². The molecule has 0 aliphatic heterocycles. The monoisotopic (exact) mass is 207 g/mol. The average Bonchev–Trinajstić information content (AvgIpc) is 2.85. The average molecular weight is 207 g/mol. The van der Waals surface area contributed by atoms with Crippen LogP contribution in [0, 0.1) is 5.92 Å². The highest BCUT2D eigenvalue weighted by atomic mass is 15.1. The normalized spacial score (nSPS) is 17.4. The van der Waals surface area contributed by atoms with Gasteiger partial charge in [0.05, 0.1) is 0 Å². The topological polar surface area (TPSA) is 89.8 Å². The molecular weight excluding hydrogens is 190 g/mol. The Labute approximate surface area is 89.3 Å². The van der Waals surface area contributed by atoms with E-state index in [2.05, 4.69) is 22.2 Å². The second kappa shape index (κ2) is 3.92. The summed E-state index contributed by atoms with van der Waals surface area (Å²) in [6.45, 7) is 2.15. The summed E-state index contributed by atoms with van der Waals surface area (Å²) >= 11 is 0. The fraction of sp³-hybridized carbons (Fsp3) is 0.600. The predicted molar refractivity (Wildman–Crippen MR) is 61.3 cm³/mol. The van der Waals surface area contributed by atoms with Crippen LogP contribution in [0.1, 0.15) is 26.2 Å². The van der Waals surface area contributed by atoms with Gasteiger partial charge in [0.15, 0.2) is 0 Å². The molecule has 1 unspecified atom stereocenters. The van der Waals surface area contributed by atoms with Gasteiger partial charge >= 0.3 is 0 Å². The summed E-state index contributed by atoms with van der Waals surface area (Å²) < 4.78 is 0. The van der Waals surface area contributed by atoms with Crippen LogP contribution in [0.5, 0.6) is 0 Å². The molecule has 5 heteroatoms. The molecule has 0 radical (unpaired) electrons. The van der Waals surface area contributed by atoms with Gasteiger partial charge in [-0.3, -0.25) is 0 Å². The van der Waals surface area contributed by atoms with Gasteiger partial charge in [0.2, 0.25) is 5.95 Å². The Morgan fingerprint density at radius 3 is 2.80 bits per heavy atom. The van der Waals surface area contributed by atoms with Crippen LogP contribution in [-0.4, -0.2) is 16.0 Å². The van der Waals surface area contributed by atoms with Gasteiger partial charge in [-0.2, -0.15) is 9.97 Å². The predicted octanol–water partition coefficient (Wildman–Crippen LogP) is 1.24. The third-order valence-electron chi connectivity index (χ3n) is 2.54. The maximum absolute atomic E-state index is 5.58. The quantitative estimate of drug-likeness (QED) is 0.691. The van der Waals surface area contributed by atoms with Crippen molar-refractivity contribution in [3.05, 3.63) is 6.07 Å². The molecule has 5 N–H and O–H groups in total. The first-order valence-corrected chi connectivity index (χ1v) is 5.30. The van der Waals surface area contributed by atoms with Crippen molar-refractivity contribution in [3.8, 4) is 0 Å². The second-order valence-electron chi connectivity index (χ2n) is 4.26. The Morgan fingerprint density at radius 1 is 1.47 bits per heavy atom. The molecule has 0 aromatic carbocycles. The molecule has 1 aromatic heterocycles. The highest BCUT2D eigenvalue weighted by molar-refractivity contribution is 5.48. The first-order valence-electron chi connectivity index (χ1n) is 5.30. The number of hydrogen-bond acceptors (Lipinski definition) is 5. The van der Waals surface area contributed by atoms with Gasteiger partial charge in [-0.05, 0) is 19.3 Å². The Morgan fingerprint density at radius 2 is 2.20 bits per heavy atom. The lowest BCUT2D eigenvalue weighted by molar-refractivity contribution is 0.640. The number of aromatic nitrogens is 2. The Balaban J connectivity index is 1.96. The van der Waals surface area contributed by atoms with Crippen molar-refractivity contribution in [2.45, 2.75) is 32.2 Å². The molecular formula is C10H17N5. The zero-order valence-corrected chi connectivity index (χ0v) is 8.90. The van der Waals surface area contributed by atoms with Crippen LogP contribution in [0.25, 0.3) is 0 Å². The van der Waals surface area contributed by atoms with Crippen LogP contribution < -0.4 is 16.8 Å². The third-order valence-corrected chi connectivity index (χ3v) is 2.54. The third kappa shape index (κ3) is 2.97. The molecule has 2 rings (SSSR count). The van der Waals surface area contributed by atoms with E-state index in [-0.39, 0.29) is 5.95 Å². The van der Waals surface area contributed by atoms with Gasteiger partial charge in [0, 0.05) is 12.1 Å². The molecule has 1 heterocycles. The molecule has 82 valence electrons. The van der Waals surface area contributed by atoms with E-state index in [0.29, 0.717) is 17.7 Å². The zero-order chi connectivity index (χ0) is 10.8. The van der Waals surface area contributed by atoms with Crippen molar-refractivity contribution in [1.29, 1.82) is 0 Å². The Bertz CT molecular complexity index is 327. The first kappa shape index (κ1) is 10.0. The highest BCUT2D eigenvalue weighted by Gasteiger charge is 2.23. The van der Waals surface area contributed by atoms with Crippen LogP contribution in [0.2, 0.25) is 0 Å². The number of nitrogen functional groups attached to an aromatic ring is 2. The van der Waals surface area contributed by atoms with E-state index in [1.165, 1.54) is 19.3 Å². The molecule has 5 nitrogen and oxygen atoms in total. The largest absolute Gasteiger partial charge is 0.383 e. The summed E-state index contributed by atoms with van der Waals surface area (Å²) in [5.41, 5.74) is 11.1. The second-order valence-corrected chi connectivity index (χ2v) is 4.26. The molecule has 1 atom stereocenters. The number of nitrogens with zero attached hydrogens (tertiary/aromatic N) is 2. The zero-order valence-electron chi connectivity index (χ0n) is 8.90. The van der Waals surface area contributed by atoms with Crippen molar-refractivity contribution < 1.29 is 0 Å². The minimum Gasteiger partial charge on any atom is -0.383 e. The van der Waals surface area contributed by atoms with Gasteiger partial charge in [-0.1, -0.05) is 12.8 Å². The summed E-state index contributed by atoms with van der Waals surface area (Å²) in [7, 11) is 0. The number of nitrogens with one attached hydrogen (secondary N) is 1. The Kier molecular flexibility index (Phi) is 2.62. The molecule has 0 amide bonds. The standard InChI is InChI=1S/C10H17N5/c1-6(4-7-2-3-7)13-9-5-8(11)14-10(12)15-9/h5-7H,2-4H2,1H3,(H5,11,12,13,14,15). The van der Waals surface area contributed by atoms with E-state index in [1.807, 2.05) is 0 Å². The summed E-state index contributed by atoms with van der Waals surface area (Å²) in [5.74, 6) is 2.23. The van der Waals surface area contributed by atoms with Crippen LogP contribution >= 0.6 is 0 Å². The fourth-order valence-electron chi connectivity index (χ4n) is 1.72. The van der Waals surface area contributed by atoms with Crippen molar-refractivity contribution in [2.24, 2.45) is 5.92 Å². The Hall–Kier alpha value is -1.52. The minimum absolute atomic E-state index is 0.219. The van der Waals surface area contributed by atoms with E-state index < -0.39 is 0 Å². The molecule has 1 aliphatic rings. The smallest absolute Gasteiger partial charge is 0.223 e. The maximum Gasteiger partial charge on any atom is 0.223 e. The highest BCUT2D eigenvalue weighted by Crippen LogP contribution is 2.33. The molecule has 1 aliphatic carbocycles. The molecule has 0 bridgehead atoms. The molecule has 1 saturated carbocycles. The number of rotatable bonds is 4. The van der Waals surface area contributed by atoms with Gasteiger partial charge in [-0.15, -0.1) is 0 Å². The lowest BCUT2D eigenvalue weighted by atomic mass is 10.1. The lowest BCUT2D eigenvalue weighted by Crippen LogP contribution is -2.17. The van der Waals surface area contributed by atoms with Crippen molar-refractivity contribution in [3.63, 3.8) is 0 Å². The SMILES string of the molecule is CC(CC1CC1)Nc1cc(N)nc(N)n1. The molecule has 15 heavy (non-hydrogen) atoms. The molecule has 0 spiro atoms. The van der Waals surface area contributed by atoms with Crippen LogP contribution in [-0.2, 0) is 0 Å². The number of anilines is 3. The van der Waals surface area contributed by atoms with Gasteiger partial charge in [-0.25, -0.2) is 0 Å². The van der Waals surface area contributed by atoms with E-state index in [9.17, 15) is 0 Å². The first-order chi connectivity index (χ1) is 7.13. The molecule has 1 aromatic rings. The maximum atomic E-state index is 5.58. The number of nitrogens with two attached hydrogens (primary N) is 2. The van der Waals surface area contributed by atoms with E-state index >= 15 is 0 Å². The fourth-order valence-corrected chi connectivity index (χ4v) is 1.72. The van der Waals surface area contributed by atoms with Gasteiger partial charge < -0.3 is 16.8 Å². The van der Waals surface area contributed by atoms with Crippen molar-refractivity contribution in [1.82, 2.24) is 9.97 Å². The van der Waals surface area contributed by atoms with Crippen molar-refractivity contribution >= 4 is 17.6 Å². The summed E-state index contributed by atoms with van der Waals surface area (Å²) in [4.78, 5) is 7.90. The van der Waals surface area contributed by atoms with Crippen LogP contribution in [0.4, 0.5) is 17.6 Å². The minimum atomic E-state index is 0.219. The van der Waals surface area contributed by atoms with E-state index in [1.54, 1.807) is 6.07 Å². The van der Waals surface area contributed by atoms with Gasteiger partial charge in [0.25, 0.3) is 0 Å². The lowest BCUT2D eigenvalue weighted by Gasteiger charge is -2.14. The number of hydrogen-bond donors (Lipinski definition) is 3. The van der Waals surface area contributed by atoms with E-state index in [0.717, 1.165) is 5.92 Å². The van der Waals surface area contributed by atoms with Crippen LogP contribution in [0.15, 0.2) is 6.07 Å². The molecule has 1 fully saturated rings.